The molecule has 0 saturated heterocycles. The van der Waals surface area contributed by atoms with E-state index < -0.39 is 11.4 Å². The fourth-order valence-corrected chi connectivity index (χ4v) is 1.99. The number of carboxylic acid groups (broad SMARTS) is 1. The fourth-order valence-electron chi connectivity index (χ4n) is 1.99. The van der Waals surface area contributed by atoms with Gasteiger partial charge in [0.2, 0.25) is 0 Å². The Hall–Kier alpha value is -1.84. The van der Waals surface area contributed by atoms with Gasteiger partial charge in [-0.05, 0) is 38.5 Å². The van der Waals surface area contributed by atoms with Crippen LogP contribution in [0.15, 0.2) is 18.2 Å². The topological polar surface area (TPSA) is 55.1 Å². The highest BCUT2D eigenvalue weighted by Gasteiger charge is 2.29. The van der Waals surface area contributed by atoms with E-state index in [4.69, 9.17) is 0 Å². The van der Waals surface area contributed by atoms with Gasteiger partial charge in [0.25, 0.3) is 0 Å². The van der Waals surface area contributed by atoms with Crippen LogP contribution in [-0.4, -0.2) is 20.6 Å². The highest BCUT2D eigenvalue weighted by atomic mass is 16.4. The van der Waals surface area contributed by atoms with Crippen LogP contribution < -0.4 is 0 Å². The minimum atomic E-state index is -0.801. The van der Waals surface area contributed by atoms with Gasteiger partial charge in [-0.3, -0.25) is 4.79 Å². The molecule has 1 heterocycles. The standard InChI is InChI=1S/C14H18N2O2/c1-9-5-6-11-10(7-9)15-12(16(11)4)8-14(2,3)13(17)18/h5-7H,8H2,1-4H3,(H,17,18). The smallest absolute Gasteiger partial charge is 0.309 e. The normalized spacial score (nSPS) is 12.0. The van der Waals surface area contributed by atoms with E-state index in [1.165, 1.54) is 0 Å². The second-order valence-corrected chi connectivity index (χ2v) is 5.45. The molecule has 0 fully saturated rings. The Morgan fingerprint density at radius 2 is 2.11 bits per heavy atom. The number of hydrogen-bond donors (Lipinski definition) is 1. The van der Waals surface area contributed by atoms with Gasteiger partial charge in [-0.25, -0.2) is 4.98 Å². The van der Waals surface area contributed by atoms with E-state index in [0.717, 1.165) is 22.4 Å². The summed E-state index contributed by atoms with van der Waals surface area (Å²) >= 11 is 0. The van der Waals surface area contributed by atoms with E-state index in [9.17, 15) is 9.90 Å². The van der Waals surface area contributed by atoms with Crippen molar-refractivity contribution in [1.82, 2.24) is 9.55 Å². The minimum absolute atomic E-state index is 0.423. The molecule has 0 aliphatic carbocycles. The Morgan fingerprint density at radius 3 is 2.72 bits per heavy atom. The van der Waals surface area contributed by atoms with Crippen molar-refractivity contribution in [3.8, 4) is 0 Å². The lowest BCUT2D eigenvalue weighted by Gasteiger charge is -2.18. The second kappa shape index (κ2) is 4.12. The predicted molar refractivity (Wildman–Crippen MR) is 70.6 cm³/mol. The molecule has 0 aliphatic rings. The Bertz CT molecular complexity index is 612. The zero-order valence-electron chi connectivity index (χ0n) is 11.2. The van der Waals surface area contributed by atoms with Crippen LogP contribution in [0.4, 0.5) is 0 Å². The maximum absolute atomic E-state index is 11.2. The molecule has 0 atom stereocenters. The highest BCUT2D eigenvalue weighted by molar-refractivity contribution is 5.77. The summed E-state index contributed by atoms with van der Waals surface area (Å²) in [6.07, 6.45) is 0.423. The number of carboxylic acids is 1. The SMILES string of the molecule is Cc1ccc2c(c1)nc(CC(C)(C)C(=O)O)n2C. The monoisotopic (exact) mass is 246 g/mol. The first-order valence-corrected chi connectivity index (χ1v) is 5.96. The number of benzene rings is 1. The lowest BCUT2D eigenvalue weighted by atomic mass is 9.89. The molecule has 96 valence electrons. The van der Waals surface area contributed by atoms with Crippen LogP contribution in [0.3, 0.4) is 0 Å². The number of carbonyl (C=O) groups is 1. The Balaban J connectivity index is 2.46. The quantitative estimate of drug-likeness (QED) is 0.905. The first-order valence-electron chi connectivity index (χ1n) is 5.96. The summed E-state index contributed by atoms with van der Waals surface area (Å²) in [4.78, 5) is 15.7. The predicted octanol–water partition coefficient (Wildman–Crippen LogP) is 2.54. The number of hydrogen-bond acceptors (Lipinski definition) is 2. The lowest BCUT2D eigenvalue weighted by Crippen LogP contribution is -2.27. The third kappa shape index (κ3) is 2.10. The molecule has 0 spiro atoms. The van der Waals surface area contributed by atoms with E-state index in [0.29, 0.717) is 6.42 Å². The number of aromatic nitrogens is 2. The van der Waals surface area contributed by atoms with Gasteiger partial charge in [0.15, 0.2) is 0 Å². The van der Waals surface area contributed by atoms with Crippen LogP contribution in [0, 0.1) is 12.3 Å². The summed E-state index contributed by atoms with van der Waals surface area (Å²) in [5, 5.41) is 9.18. The van der Waals surface area contributed by atoms with Crippen molar-refractivity contribution in [3.63, 3.8) is 0 Å². The van der Waals surface area contributed by atoms with Crippen LogP contribution in [0.5, 0.6) is 0 Å². The average Bonchev–Trinajstić information content (AvgIpc) is 2.54. The van der Waals surface area contributed by atoms with Crippen molar-refractivity contribution >= 4 is 17.0 Å². The summed E-state index contributed by atoms with van der Waals surface area (Å²) in [5.74, 6) is 0.00809. The van der Waals surface area contributed by atoms with E-state index in [2.05, 4.69) is 4.98 Å². The van der Waals surface area contributed by atoms with Gasteiger partial charge in [0, 0.05) is 13.5 Å². The molecule has 0 unspecified atom stereocenters. The lowest BCUT2D eigenvalue weighted by molar-refractivity contribution is -0.146. The number of rotatable bonds is 3. The second-order valence-electron chi connectivity index (χ2n) is 5.45. The van der Waals surface area contributed by atoms with Crippen LogP contribution in [-0.2, 0) is 18.3 Å². The van der Waals surface area contributed by atoms with Crippen molar-refractivity contribution < 1.29 is 9.90 Å². The fraction of sp³-hybridized carbons (Fsp3) is 0.429. The molecule has 18 heavy (non-hydrogen) atoms. The van der Waals surface area contributed by atoms with Gasteiger partial charge >= 0.3 is 5.97 Å². The zero-order valence-corrected chi connectivity index (χ0v) is 11.2. The van der Waals surface area contributed by atoms with E-state index in [1.807, 2.05) is 36.7 Å². The number of imidazole rings is 1. The molecule has 1 N–H and O–H groups in total. The molecule has 4 heteroatoms. The summed E-state index contributed by atoms with van der Waals surface area (Å²) in [6, 6.07) is 6.08. The van der Waals surface area contributed by atoms with Crippen LogP contribution in [0.2, 0.25) is 0 Å². The molecular weight excluding hydrogens is 228 g/mol. The summed E-state index contributed by atoms with van der Waals surface area (Å²) < 4.78 is 1.97. The molecule has 2 aromatic rings. The Labute approximate surface area is 106 Å². The molecule has 4 nitrogen and oxygen atoms in total. The first kappa shape index (κ1) is 12.6. The third-order valence-electron chi connectivity index (χ3n) is 3.31. The molecule has 0 saturated carbocycles. The van der Waals surface area contributed by atoms with Crippen LogP contribution >= 0.6 is 0 Å². The summed E-state index contributed by atoms with van der Waals surface area (Å²) in [7, 11) is 1.93. The van der Waals surface area contributed by atoms with Gasteiger partial charge in [0.1, 0.15) is 5.82 Å². The van der Waals surface area contributed by atoms with Crippen molar-refractivity contribution in [2.45, 2.75) is 27.2 Å². The van der Waals surface area contributed by atoms with Gasteiger partial charge < -0.3 is 9.67 Å². The number of aliphatic carboxylic acids is 1. The molecular formula is C14H18N2O2. The average molecular weight is 246 g/mol. The molecule has 2 rings (SSSR count). The zero-order chi connectivity index (χ0) is 13.5. The minimum Gasteiger partial charge on any atom is -0.481 e. The van der Waals surface area contributed by atoms with Crippen LogP contribution in [0.25, 0.3) is 11.0 Å². The summed E-state index contributed by atoms with van der Waals surface area (Å²) in [5.41, 5.74) is 2.32. The van der Waals surface area contributed by atoms with E-state index >= 15 is 0 Å². The number of fused-ring (bicyclic) bond motifs is 1. The van der Waals surface area contributed by atoms with E-state index in [-0.39, 0.29) is 0 Å². The molecule has 0 bridgehead atoms. The highest BCUT2D eigenvalue weighted by Crippen LogP contribution is 2.24. The van der Waals surface area contributed by atoms with Crippen molar-refractivity contribution in [2.24, 2.45) is 12.5 Å². The van der Waals surface area contributed by atoms with Crippen molar-refractivity contribution in [2.75, 3.05) is 0 Å². The van der Waals surface area contributed by atoms with Gasteiger partial charge in [0.05, 0.1) is 16.4 Å². The third-order valence-corrected chi connectivity index (χ3v) is 3.31. The van der Waals surface area contributed by atoms with Crippen LogP contribution in [0.1, 0.15) is 25.2 Å². The Morgan fingerprint density at radius 1 is 1.44 bits per heavy atom. The Kier molecular flexibility index (Phi) is 2.89. The molecule has 0 aliphatic heterocycles. The maximum atomic E-state index is 11.2. The van der Waals surface area contributed by atoms with Gasteiger partial charge in [-0.15, -0.1) is 0 Å². The number of aryl methyl sites for hydroxylation is 2. The van der Waals surface area contributed by atoms with E-state index in [1.54, 1.807) is 13.8 Å². The van der Waals surface area contributed by atoms with Gasteiger partial charge in [-0.2, -0.15) is 0 Å². The largest absolute Gasteiger partial charge is 0.481 e. The molecule has 0 amide bonds. The van der Waals surface area contributed by atoms with Crippen molar-refractivity contribution in [3.05, 3.63) is 29.6 Å². The first-order chi connectivity index (χ1) is 8.31. The molecule has 1 aromatic carbocycles. The van der Waals surface area contributed by atoms with Gasteiger partial charge in [-0.1, -0.05) is 6.07 Å². The maximum Gasteiger partial charge on any atom is 0.309 e. The van der Waals surface area contributed by atoms with Crippen molar-refractivity contribution in [1.29, 1.82) is 0 Å². The summed E-state index contributed by atoms with van der Waals surface area (Å²) in [6.45, 7) is 5.47. The molecule has 1 aromatic heterocycles. The molecule has 0 radical (unpaired) electrons. The number of nitrogens with zero attached hydrogens (tertiary/aromatic N) is 2.